The van der Waals surface area contributed by atoms with Gasteiger partial charge in [0.15, 0.2) is 5.76 Å². The summed E-state index contributed by atoms with van der Waals surface area (Å²) in [5, 5.41) is 0.662. The molecular formula is C23H24FNO2. The predicted octanol–water partition coefficient (Wildman–Crippen LogP) is 5.81. The summed E-state index contributed by atoms with van der Waals surface area (Å²) in [6, 6.07) is 13.1. The zero-order chi connectivity index (χ0) is 19.1. The maximum atomic E-state index is 13.6. The van der Waals surface area contributed by atoms with E-state index in [4.69, 9.17) is 4.42 Å². The van der Waals surface area contributed by atoms with E-state index in [9.17, 15) is 9.18 Å². The van der Waals surface area contributed by atoms with Gasteiger partial charge in [-0.05, 0) is 55.0 Å². The summed E-state index contributed by atoms with van der Waals surface area (Å²) in [7, 11) is 0. The van der Waals surface area contributed by atoms with E-state index in [1.807, 2.05) is 11.8 Å². The van der Waals surface area contributed by atoms with Crippen LogP contribution in [0, 0.1) is 12.7 Å². The number of carbonyl (C=O) groups is 1. The number of carbonyl (C=O) groups excluding carboxylic acids is 1. The number of hydrogen-bond acceptors (Lipinski definition) is 2. The Morgan fingerprint density at radius 1 is 1.19 bits per heavy atom. The van der Waals surface area contributed by atoms with Crippen LogP contribution in [0.1, 0.15) is 59.9 Å². The summed E-state index contributed by atoms with van der Waals surface area (Å²) in [4.78, 5) is 15.1. The van der Waals surface area contributed by atoms with Gasteiger partial charge in [0.2, 0.25) is 0 Å². The SMILES string of the molecule is Cc1c(C(=O)N(Cc2ccc(C(C)C)cc2)C2CC2)oc2ccc(F)cc12. The van der Waals surface area contributed by atoms with Gasteiger partial charge in [-0.3, -0.25) is 4.79 Å². The molecule has 140 valence electrons. The van der Waals surface area contributed by atoms with E-state index in [0.717, 1.165) is 18.4 Å². The Morgan fingerprint density at radius 3 is 2.52 bits per heavy atom. The van der Waals surface area contributed by atoms with Gasteiger partial charge in [0, 0.05) is 23.5 Å². The highest BCUT2D eigenvalue weighted by Gasteiger charge is 2.35. The molecule has 1 aliphatic carbocycles. The number of benzene rings is 2. The highest BCUT2D eigenvalue weighted by atomic mass is 19.1. The van der Waals surface area contributed by atoms with Gasteiger partial charge in [-0.2, -0.15) is 0 Å². The average molecular weight is 365 g/mol. The summed E-state index contributed by atoms with van der Waals surface area (Å²) in [5.41, 5.74) is 3.65. The first-order valence-corrected chi connectivity index (χ1v) is 9.52. The molecule has 0 atom stereocenters. The van der Waals surface area contributed by atoms with Gasteiger partial charge in [-0.25, -0.2) is 4.39 Å². The standard InChI is InChI=1S/C23H24FNO2/c1-14(2)17-6-4-16(5-7-17)13-25(19-9-10-19)23(26)22-15(3)20-12-18(24)8-11-21(20)27-22/h4-8,11-12,14,19H,9-10,13H2,1-3H3. The third-order valence-electron chi connectivity index (χ3n) is 5.34. The summed E-state index contributed by atoms with van der Waals surface area (Å²) >= 11 is 0. The lowest BCUT2D eigenvalue weighted by Crippen LogP contribution is -2.32. The lowest BCUT2D eigenvalue weighted by molar-refractivity contribution is 0.0699. The topological polar surface area (TPSA) is 33.5 Å². The minimum atomic E-state index is -0.324. The van der Waals surface area contributed by atoms with Crippen molar-refractivity contribution < 1.29 is 13.6 Å². The second kappa shape index (κ2) is 6.84. The summed E-state index contributed by atoms with van der Waals surface area (Å²) < 4.78 is 19.4. The Kier molecular flexibility index (Phi) is 4.50. The Morgan fingerprint density at radius 2 is 1.89 bits per heavy atom. The Labute approximate surface area is 158 Å². The van der Waals surface area contributed by atoms with Crippen LogP contribution < -0.4 is 0 Å². The Hall–Kier alpha value is -2.62. The van der Waals surface area contributed by atoms with Crippen molar-refractivity contribution in [3.8, 4) is 0 Å². The Bertz CT molecular complexity index is 984. The summed E-state index contributed by atoms with van der Waals surface area (Å²) in [5.74, 6) is 0.370. The zero-order valence-electron chi connectivity index (χ0n) is 16.0. The number of nitrogens with zero attached hydrogens (tertiary/aromatic N) is 1. The number of amides is 1. The van der Waals surface area contributed by atoms with E-state index >= 15 is 0 Å². The molecule has 27 heavy (non-hydrogen) atoms. The average Bonchev–Trinajstić information content (AvgIpc) is 3.44. The maximum Gasteiger partial charge on any atom is 0.290 e. The molecule has 1 amide bonds. The third kappa shape index (κ3) is 3.48. The van der Waals surface area contributed by atoms with Gasteiger partial charge in [0.05, 0.1) is 0 Å². The number of fused-ring (bicyclic) bond motifs is 1. The van der Waals surface area contributed by atoms with E-state index in [1.54, 1.807) is 6.07 Å². The largest absolute Gasteiger partial charge is 0.451 e. The maximum absolute atomic E-state index is 13.6. The molecule has 0 bridgehead atoms. The molecule has 0 unspecified atom stereocenters. The first-order valence-electron chi connectivity index (χ1n) is 9.52. The molecular weight excluding hydrogens is 341 g/mol. The fourth-order valence-electron chi connectivity index (χ4n) is 3.49. The normalized spacial score (nSPS) is 14.1. The molecule has 3 aromatic rings. The first kappa shape index (κ1) is 17.8. The van der Waals surface area contributed by atoms with Crippen molar-refractivity contribution in [3.05, 3.63) is 70.7 Å². The van der Waals surface area contributed by atoms with Gasteiger partial charge < -0.3 is 9.32 Å². The second-order valence-electron chi connectivity index (χ2n) is 7.76. The third-order valence-corrected chi connectivity index (χ3v) is 5.34. The number of rotatable bonds is 5. The molecule has 4 rings (SSSR count). The highest BCUT2D eigenvalue weighted by molar-refractivity contribution is 5.99. The van der Waals surface area contributed by atoms with Gasteiger partial charge >= 0.3 is 0 Å². The first-order chi connectivity index (χ1) is 12.9. The molecule has 1 heterocycles. The van der Waals surface area contributed by atoms with Crippen molar-refractivity contribution in [2.24, 2.45) is 0 Å². The fourth-order valence-corrected chi connectivity index (χ4v) is 3.49. The van der Waals surface area contributed by atoms with Crippen molar-refractivity contribution in [3.63, 3.8) is 0 Å². The minimum Gasteiger partial charge on any atom is -0.451 e. The van der Waals surface area contributed by atoms with Gasteiger partial charge in [0.1, 0.15) is 11.4 Å². The molecule has 1 saturated carbocycles. The summed E-state index contributed by atoms with van der Waals surface area (Å²) in [6.45, 7) is 6.72. The lowest BCUT2D eigenvalue weighted by atomic mass is 10.0. The van der Waals surface area contributed by atoms with Crippen LogP contribution in [-0.4, -0.2) is 16.8 Å². The smallest absolute Gasteiger partial charge is 0.290 e. The van der Waals surface area contributed by atoms with Crippen LogP contribution in [-0.2, 0) is 6.54 Å². The van der Waals surface area contributed by atoms with Gasteiger partial charge in [-0.15, -0.1) is 0 Å². The van der Waals surface area contributed by atoms with E-state index in [2.05, 4.69) is 38.1 Å². The van der Waals surface area contributed by atoms with Gasteiger partial charge in [0.25, 0.3) is 5.91 Å². The number of hydrogen-bond donors (Lipinski definition) is 0. The molecule has 0 saturated heterocycles. The second-order valence-corrected chi connectivity index (χ2v) is 7.76. The van der Waals surface area contributed by atoms with Crippen molar-refractivity contribution in [1.29, 1.82) is 0 Å². The summed E-state index contributed by atoms with van der Waals surface area (Å²) in [6.07, 6.45) is 2.04. The zero-order valence-corrected chi connectivity index (χ0v) is 16.0. The van der Waals surface area contributed by atoms with E-state index in [-0.39, 0.29) is 17.8 Å². The Balaban J connectivity index is 1.62. The number of furan rings is 1. The predicted molar refractivity (Wildman–Crippen MR) is 104 cm³/mol. The minimum absolute atomic E-state index is 0.112. The lowest BCUT2D eigenvalue weighted by Gasteiger charge is -2.22. The number of halogens is 1. The molecule has 4 heteroatoms. The van der Waals surface area contributed by atoms with Crippen LogP contribution in [0.3, 0.4) is 0 Å². The number of aryl methyl sites for hydroxylation is 1. The molecule has 3 nitrogen and oxygen atoms in total. The van der Waals surface area contributed by atoms with Gasteiger partial charge in [-0.1, -0.05) is 38.1 Å². The molecule has 0 radical (unpaired) electrons. The van der Waals surface area contributed by atoms with Crippen molar-refractivity contribution in [2.45, 2.75) is 52.1 Å². The van der Waals surface area contributed by atoms with Crippen LogP contribution in [0.25, 0.3) is 11.0 Å². The molecule has 0 N–H and O–H groups in total. The van der Waals surface area contributed by atoms with E-state index in [0.29, 0.717) is 34.8 Å². The molecule has 1 fully saturated rings. The van der Waals surface area contributed by atoms with Crippen LogP contribution >= 0.6 is 0 Å². The molecule has 0 spiro atoms. The van der Waals surface area contributed by atoms with Crippen LogP contribution in [0.5, 0.6) is 0 Å². The van der Waals surface area contributed by atoms with Crippen molar-refractivity contribution in [1.82, 2.24) is 4.90 Å². The molecule has 1 aromatic heterocycles. The van der Waals surface area contributed by atoms with E-state index < -0.39 is 0 Å². The van der Waals surface area contributed by atoms with E-state index in [1.165, 1.54) is 17.7 Å². The fraction of sp³-hybridized carbons (Fsp3) is 0.348. The molecule has 0 aliphatic heterocycles. The van der Waals surface area contributed by atoms with Crippen LogP contribution in [0.15, 0.2) is 46.9 Å². The van der Waals surface area contributed by atoms with Crippen LogP contribution in [0.2, 0.25) is 0 Å². The van der Waals surface area contributed by atoms with Crippen molar-refractivity contribution >= 4 is 16.9 Å². The van der Waals surface area contributed by atoms with Crippen LogP contribution in [0.4, 0.5) is 4.39 Å². The quantitative estimate of drug-likeness (QED) is 0.572. The highest BCUT2D eigenvalue weighted by Crippen LogP contribution is 2.33. The molecule has 2 aromatic carbocycles. The monoisotopic (exact) mass is 365 g/mol. The van der Waals surface area contributed by atoms with Crippen molar-refractivity contribution in [2.75, 3.05) is 0 Å². The molecule has 1 aliphatic rings.